The molecule has 6 N–H and O–H groups in total. The molecule has 1 aromatic rings. The lowest BCUT2D eigenvalue weighted by Crippen LogP contribution is -2.50. The van der Waals surface area contributed by atoms with Crippen LogP contribution in [-0.2, 0) is 4.84 Å². The highest BCUT2D eigenvalue weighted by atomic mass is 35.5. The van der Waals surface area contributed by atoms with E-state index in [1.54, 1.807) is 18.5 Å². The number of nitrogens with one attached hydrogen (secondary N) is 2. The molecule has 1 unspecified atom stereocenters. The fraction of sp³-hybridized carbons (Fsp3) is 0.444. The van der Waals surface area contributed by atoms with Crippen molar-refractivity contribution < 1.29 is 9.23 Å². The molecule has 0 spiro atoms. The molecule has 3 aliphatic rings. The first-order valence-electron chi connectivity index (χ1n) is 9.17. The molecule has 1 aromatic heterocycles. The van der Waals surface area contributed by atoms with Gasteiger partial charge in [-0.15, -0.1) is 0 Å². The lowest BCUT2D eigenvalue weighted by atomic mass is 9.81. The first-order valence-corrected chi connectivity index (χ1v) is 9.55. The normalized spacial score (nSPS) is 29.5. The number of hydrogen-bond acceptors (Lipinski definition) is 8. The Morgan fingerprint density at radius 1 is 1.46 bits per heavy atom. The number of nitrogens with two attached hydrogens (primary N) is 2. The smallest absolute Gasteiger partial charge is 0.183 e. The van der Waals surface area contributed by atoms with Crippen LogP contribution in [0.4, 0.5) is 10.2 Å². The van der Waals surface area contributed by atoms with Crippen LogP contribution >= 0.6 is 11.6 Å². The van der Waals surface area contributed by atoms with E-state index in [0.29, 0.717) is 16.4 Å². The summed E-state index contributed by atoms with van der Waals surface area (Å²) >= 11 is 6.11. The van der Waals surface area contributed by atoms with Gasteiger partial charge in [0.1, 0.15) is 11.8 Å². The molecule has 3 atom stereocenters. The van der Waals surface area contributed by atoms with E-state index in [1.165, 1.54) is 5.01 Å². The van der Waals surface area contributed by atoms with Crippen molar-refractivity contribution in [2.24, 2.45) is 11.7 Å². The van der Waals surface area contributed by atoms with E-state index in [4.69, 9.17) is 28.2 Å². The molecule has 1 fully saturated rings. The van der Waals surface area contributed by atoms with Crippen molar-refractivity contribution in [2.45, 2.75) is 50.4 Å². The second-order valence-electron chi connectivity index (χ2n) is 7.45. The molecule has 8 nitrogen and oxygen atoms in total. The number of allylic oxidation sites excluding steroid dienone is 2. The fourth-order valence-electron chi connectivity index (χ4n) is 3.91. The van der Waals surface area contributed by atoms with Crippen molar-refractivity contribution in [3.8, 4) is 0 Å². The lowest BCUT2D eigenvalue weighted by Gasteiger charge is -2.40. The zero-order valence-corrected chi connectivity index (χ0v) is 16.2. The number of rotatable bonds is 4. The quantitative estimate of drug-likeness (QED) is 0.443. The molecule has 0 radical (unpaired) electrons. The van der Waals surface area contributed by atoms with Gasteiger partial charge in [0, 0.05) is 23.5 Å². The Balaban J connectivity index is 1.65. The minimum Gasteiger partial charge on any atom is -0.365 e. The molecule has 1 saturated carbocycles. The predicted molar refractivity (Wildman–Crippen MR) is 104 cm³/mol. The van der Waals surface area contributed by atoms with Crippen LogP contribution in [-0.4, -0.2) is 32.8 Å². The number of nitrogens with zero attached hydrogens (tertiary/aromatic N) is 3. The number of aromatic nitrogens is 2. The van der Waals surface area contributed by atoms with Gasteiger partial charge in [-0.25, -0.2) is 26.1 Å². The maximum atomic E-state index is 14.5. The van der Waals surface area contributed by atoms with Gasteiger partial charge < -0.3 is 10.6 Å². The Bertz CT molecular complexity index is 873. The highest BCUT2D eigenvalue weighted by Gasteiger charge is 2.38. The van der Waals surface area contributed by atoms with Gasteiger partial charge in [0.2, 0.25) is 0 Å². The summed E-state index contributed by atoms with van der Waals surface area (Å²) in [5.74, 6) is 11.5. The fourth-order valence-corrected chi connectivity index (χ4v) is 4.09. The van der Waals surface area contributed by atoms with E-state index >= 15 is 0 Å². The third-order valence-corrected chi connectivity index (χ3v) is 5.79. The van der Waals surface area contributed by atoms with Gasteiger partial charge in [0.25, 0.3) is 0 Å². The van der Waals surface area contributed by atoms with Crippen molar-refractivity contribution in [3.63, 3.8) is 0 Å². The molecule has 28 heavy (non-hydrogen) atoms. The summed E-state index contributed by atoms with van der Waals surface area (Å²) in [5.41, 5.74) is 0.909. The van der Waals surface area contributed by atoms with Crippen LogP contribution in [0, 0.1) is 5.82 Å². The topological polar surface area (TPSA) is 114 Å². The molecule has 0 amide bonds. The number of anilines is 1. The number of halogens is 2. The number of hydrogen-bond donors (Lipinski definition) is 4. The summed E-state index contributed by atoms with van der Waals surface area (Å²) in [6.45, 7) is 1.92. The van der Waals surface area contributed by atoms with Crippen LogP contribution in [0.5, 0.6) is 0 Å². The van der Waals surface area contributed by atoms with Crippen molar-refractivity contribution in [2.75, 3.05) is 5.32 Å². The second-order valence-corrected chi connectivity index (χ2v) is 7.89. The van der Waals surface area contributed by atoms with Crippen LogP contribution in [0.2, 0.25) is 0 Å². The van der Waals surface area contributed by atoms with E-state index in [9.17, 15) is 4.39 Å². The highest BCUT2D eigenvalue weighted by Crippen LogP contribution is 2.36. The largest absolute Gasteiger partial charge is 0.365 e. The first kappa shape index (κ1) is 19.1. The first-order chi connectivity index (χ1) is 13.4. The molecule has 150 valence electrons. The van der Waals surface area contributed by atoms with Gasteiger partial charge in [-0.2, -0.15) is 0 Å². The summed E-state index contributed by atoms with van der Waals surface area (Å²) in [7, 11) is 0. The molecule has 2 aliphatic heterocycles. The molecule has 10 heteroatoms. The minimum absolute atomic E-state index is 0.110. The number of fused-ring (bicyclic) bond motifs is 1. The molecule has 0 bridgehead atoms. The summed E-state index contributed by atoms with van der Waals surface area (Å²) in [6.07, 6.45) is 9.67. The summed E-state index contributed by atoms with van der Waals surface area (Å²) < 4.78 is 14.5. The van der Waals surface area contributed by atoms with Crippen LogP contribution in [0.3, 0.4) is 0 Å². The maximum absolute atomic E-state index is 14.5. The van der Waals surface area contributed by atoms with Crippen LogP contribution in [0.25, 0.3) is 5.57 Å². The molecular formula is C18H23ClFN7O. The Hall–Kier alpha value is -2.20. The highest BCUT2D eigenvalue weighted by molar-refractivity contribution is 6.31. The van der Waals surface area contributed by atoms with E-state index in [2.05, 4.69) is 20.6 Å². The van der Waals surface area contributed by atoms with Gasteiger partial charge in [-0.3, -0.25) is 9.85 Å². The van der Waals surface area contributed by atoms with Gasteiger partial charge in [-0.05, 0) is 25.8 Å². The van der Waals surface area contributed by atoms with E-state index in [1.807, 2.05) is 6.92 Å². The van der Waals surface area contributed by atoms with Crippen molar-refractivity contribution in [1.29, 1.82) is 0 Å². The standard InChI is InChI=1S/C18H23ClFN7O/c1-18(28-22)5-3-2-4-14(18)25-16-13(20)8-23-15(26-16)12-9-27(21)17-11(12)6-10(19)7-24-17/h6-9,14,17,24H,2-5,21-22H2,1H3,(H,23,25,26)/t14-,17?,18-/m0/s1. The van der Waals surface area contributed by atoms with E-state index in [0.717, 1.165) is 37.5 Å². The Labute approximate surface area is 167 Å². The SMILES string of the molecule is C[C@]1(ON)CCCC[C@@H]1Nc1nc(C2=CN(N)C3NC=C(Cl)C=C23)ncc1F. The third kappa shape index (κ3) is 3.35. The molecule has 0 saturated heterocycles. The summed E-state index contributed by atoms with van der Waals surface area (Å²) in [5, 5.41) is 8.31. The van der Waals surface area contributed by atoms with Gasteiger partial charge in [0.05, 0.1) is 17.3 Å². The maximum Gasteiger partial charge on any atom is 0.183 e. The summed E-state index contributed by atoms with van der Waals surface area (Å²) in [6, 6.07) is -0.159. The zero-order chi connectivity index (χ0) is 19.9. The van der Waals surface area contributed by atoms with E-state index in [-0.39, 0.29) is 18.0 Å². The molecule has 0 aromatic carbocycles. The predicted octanol–water partition coefficient (Wildman–Crippen LogP) is 2.09. The molecule has 1 aliphatic carbocycles. The Kier molecular flexibility index (Phi) is 5.00. The van der Waals surface area contributed by atoms with Crippen molar-refractivity contribution >= 4 is 23.0 Å². The zero-order valence-electron chi connectivity index (χ0n) is 15.5. The van der Waals surface area contributed by atoms with E-state index < -0.39 is 11.4 Å². The monoisotopic (exact) mass is 407 g/mol. The van der Waals surface area contributed by atoms with Crippen LogP contribution < -0.4 is 22.4 Å². The number of hydrazine groups is 1. The van der Waals surface area contributed by atoms with Gasteiger partial charge >= 0.3 is 0 Å². The lowest BCUT2D eigenvalue weighted by molar-refractivity contribution is -0.0668. The van der Waals surface area contributed by atoms with Gasteiger partial charge in [0.15, 0.2) is 17.5 Å². The Morgan fingerprint density at radius 2 is 2.29 bits per heavy atom. The third-order valence-electron chi connectivity index (χ3n) is 5.57. The van der Waals surface area contributed by atoms with Crippen molar-refractivity contribution in [1.82, 2.24) is 20.3 Å². The molecular weight excluding hydrogens is 385 g/mol. The second kappa shape index (κ2) is 7.32. The minimum atomic E-state index is -0.588. The molecule has 3 heterocycles. The van der Waals surface area contributed by atoms with Gasteiger partial charge in [-0.1, -0.05) is 24.4 Å². The summed E-state index contributed by atoms with van der Waals surface area (Å²) in [4.78, 5) is 13.8. The number of dihydropyridines is 1. The Morgan fingerprint density at radius 3 is 3.07 bits per heavy atom. The average molecular weight is 408 g/mol. The van der Waals surface area contributed by atoms with Crippen LogP contribution in [0.15, 0.2) is 35.3 Å². The molecule has 4 rings (SSSR count). The van der Waals surface area contributed by atoms with Crippen molar-refractivity contribution in [3.05, 3.63) is 46.9 Å². The average Bonchev–Trinajstić information content (AvgIpc) is 3.01. The van der Waals surface area contributed by atoms with Crippen LogP contribution in [0.1, 0.15) is 38.4 Å².